The van der Waals surface area contributed by atoms with Gasteiger partial charge in [-0.3, -0.25) is 0 Å². The van der Waals surface area contributed by atoms with Crippen molar-refractivity contribution in [3.63, 3.8) is 0 Å². The Balaban J connectivity index is 2.05. The third kappa shape index (κ3) is 2.83. The lowest BCUT2D eigenvalue weighted by atomic mass is 10.4. The van der Waals surface area contributed by atoms with Crippen LogP contribution in [0.4, 0.5) is 17.6 Å². The van der Waals surface area contributed by atoms with Crippen LogP contribution in [-0.4, -0.2) is 19.7 Å². The van der Waals surface area contributed by atoms with E-state index in [2.05, 4.69) is 15.2 Å². The first-order chi connectivity index (χ1) is 11.0. The van der Waals surface area contributed by atoms with Gasteiger partial charge in [-0.25, -0.2) is 8.78 Å². The number of hydrogen-bond acceptors (Lipinski definition) is 5. The second-order valence-corrected chi connectivity index (χ2v) is 6.21. The minimum Gasteiger partial charge on any atom is -0.301 e. The predicted octanol–water partition coefficient (Wildman–Crippen LogP) is 4.13. The van der Waals surface area contributed by atoms with Crippen molar-refractivity contribution in [3.05, 3.63) is 41.0 Å². The molecule has 3 heterocycles. The molecule has 0 bridgehead atoms. The van der Waals surface area contributed by atoms with Crippen molar-refractivity contribution < 1.29 is 17.6 Å². The van der Waals surface area contributed by atoms with E-state index in [1.807, 2.05) is 17.5 Å². The Kier molecular flexibility index (Phi) is 4.35. The maximum Gasteiger partial charge on any atom is 0.252 e. The summed E-state index contributed by atoms with van der Waals surface area (Å²) in [7, 11) is 0. The molecule has 4 nitrogen and oxygen atoms in total. The zero-order chi connectivity index (χ0) is 16.6. The quantitative estimate of drug-likeness (QED) is 0.518. The van der Waals surface area contributed by atoms with Crippen LogP contribution in [0.3, 0.4) is 0 Å². The molecule has 3 aromatic heterocycles. The van der Waals surface area contributed by atoms with Crippen LogP contribution in [0, 0.1) is 23.5 Å². The van der Waals surface area contributed by atoms with Crippen LogP contribution < -0.4 is 0 Å². The average molecular weight is 360 g/mol. The highest BCUT2D eigenvalue weighted by Crippen LogP contribution is 2.34. The molecule has 0 saturated heterocycles. The molecular formula is C13H8F4N4S2. The number of nitrogens with zero attached hydrogens (tertiary/aromatic N) is 4. The van der Waals surface area contributed by atoms with Crippen LogP contribution in [0.15, 0.2) is 27.6 Å². The zero-order valence-electron chi connectivity index (χ0n) is 11.6. The lowest BCUT2D eigenvalue weighted by Gasteiger charge is -2.08. The molecule has 120 valence electrons. The Bertz CT molecular complexity index is 822. The molecule has 0 N–H and O–H groups in total. The standard InChI is InChI=1S/C13H8F4N4S2/c1-2-21-12(6-4-3-5-22-6)19-20-13(21)23-9-7(14)10(16)18-11(17)8(9)15/h3-5H,2H2,1H3. The molecule has 0 aliphatic carbocycles. The van der Waals surface area contributed by atoms with Gasteiger partial charge in [-0.15, -0.1) is 21.5 Å². The van der Waals surface area contributed by atoms with Crippen molar-refractivity contribution >= 4 is 23.1 Å². The highest BCUT2D eigenvalue weighted by molar-refractivity contribution is 7.99. The van der Waals surface area contributed by atoms with E-state index in [9.17, 15) is 17.6 Å². The van der Waals surface area contributed by atoms with Gasteiger partial charge in [0, 0.05) is 6.54 Å². The lowest BCUT2D eigenvalue weighted by molar-refractivity contribution is 0.383. The van der Waals surface area contributed by atoms with E-state index in [4.69, 9.17) is 0 Å². The van der Waals surface area contributed by atoms with Crippen LogP contribution in [0.1, 0.15) is 6.92 Å². The number of rotatable bonds is 4. The minimum absolute atomic E-state index is 0.124. The molecule has 0 unspecified atom stereocenters. The average Bonchev–Trinajstić information content (AvgIpc) is 3.18. The number of hydrogen-bond donors (Lipinski definition) is 0. The van der Waals surface area contributed by atoms with Gasteiger partial charge < -0.3 is 4.57 Å². The normalized spacial score (nSPS) is 11.2. The Morgan fingerprint density at radius 1 is 1.13 bits per heavy atom. The zero-order valence-corrected chi connectivity index (χ0v) is 13.2. The smallest absolute Gasteiger partial charge is 0.252 e. The molecule has 0 aromatic carbocycles. The van der Waals surface area contributed by atoms with Crippen molar-refractivity contribution in [3.8, 4) is 10.7 Å². The number of aromatic nitrogens is 4. The summed E-state index contributed by atoms with van der Waals surface area (Å²) in [4.78, 5) is 2.51. The summed E-state index contributed by atoms with van der Waals surface area (Å²) in [5.41, 5.74) is 0. The van der Waals surface area contributed by atoms with Gasteiger partial charge in [-0.1, -0.05) is 6.07 Å². The number of pyridine rings is 1. The molecule has 10 heteroatoms. The predicted molar refractivity (Wildman–Crippen MR) is 77.2 cm³/mol. The van der Waals surface area contributed by atoms with Crippen molar-refractivity contribution in [1.82, 2.24) is 19.7 Å². The highest BCUT2D eigenvalue weighted by atomic mass is 32.2. The van der Waals surface area contributed by atoms with E-state index in [0.717, 1.165) is 4.88 Å². The highest BCUT2D eigenvalue weighted by Gasteiger charge is 2.24. The Morgan fingerprint density at radius 3 is 2.39 bits per heavy atom. The minimum atomic E-state index is -1.70. The fourth-order valence-electron chi connectivity index (χ4n) is 1.89. The molecule has 3 rings (SSSR count). The summed E-state index contributed by atoms with van der Waals surface area (Å²) in [5, 5.41) is 9.82. The molecule has 0 amide bonds. The van der Waals surface area contributed by atoms with E-state index in [-0.39, 0.29) is 5.16 Å². The topological polar surface area (TPSA) is 43.6 Å². The molecule has 0 fully saturated rings. The van der Waals surface area contributed by atoms with E-state index >= 15 is 0 Å². The van der Waals surface area contributed by atoms with Gasteiger partial charge >= 0.3 is 0 Å². The molecule has 0 radical (unpaired) electrons. The first-order valence-corrected chi connectivity index (χ1v) is 8.07. The van der Waals surface area contributed by atoms with Gasteiger partial charge in [-0.2, -0.15) is 13.8 Å². The van der Waals surface area contributed by atoms with Crippen LogP contribution in [0.25, 0.3) is 10.7 Å². The van der Waals surface area contributed by atoms with Gasteiger partial charge in [0.25, 0.3) is 11.9 Å². The fraction of sp³-hybridized carbons (Fsp3) is 0.154. The second kappa shape index (κ2) is 6.28. The van der Waals surface area contributed by atoms with E-state index in [1.165, 1.54) is 11.3 Å². The molecule has 0 spiro atoms. The molecule has 0 aliphatic rings. The first-order valence-electron chi connectivity index (χ1n) is 6.37. The molecule has 0 aliphatic heterocycles. The number of thiophene rings is 1. The van der Waals surface area contributed by atoms with Crippen LogP contribution in [0.5, 0.6) is 0 Å². The van der Waals surface area contributed by atoms with Crippen molar-refractivity contribution in [2.45, 2.75) is 23.5 Å². The molecule has 0 saturated carbocycles. The molecule has 3 aromatic rings. The summed E-state index contributed by atoms with van der Waals surface area (Å²) in [6.07, 6.45) is 0. The van der Waals surface area contributed by atoms with Gasteiger partial charge in [0.1, 0.15) is 0 Å². The Morgan fingerprint density at radius 2 is 1.83 bits per heavy atom. The van der Waals surface area contributed by atoms with Gasteiger partial charge in [0.2, 0.25) is 0 Å². The van der Waals surface area contributed by atoms with Gasteiger partial charge in [0.05, 0.1) is 9.77 Å². The SMILES string of the molecule is CCn1c(Sc2c(F)c(F)nc(F)c2F)nnc1-c1cccs1. The fourth-order valence-corrected chi connectivity index (χ4v) is 3.54. The summed E-state index contributed by atoms with van der Waals surface area (Å²) >= 11 is 1.89. The van der Waals surface area contributed by atoms with Crippen molar-refractivity contribution in [2.24, 2.45) is 0 Å². The van der Waals surface area contributed by atoms with E-state index in [1.54, 1.807) is 11.5 Å². The molecular weight excluding hydrogens is 352 g/mol. The summed E-state index contributed by atoms with van der Waals surface area (Å²) in [5.74, 6) is -6.00. The maximum atomic E-state index is 13.7. The lowest BCUT2D eigenvalue weighted by Crippen LogP contribution is -2.04. The second-order valence-electron chi connectivity index (χ2n) is 4.28. The third-order valence-corrected chi connectivity index (χ3v) is 4.84. The van der Waals surface area contributed by atoms with Crippen LogP contribution in [-0.2, 0) is 6.54 Å². The largest absolute Gasteiger partial charge is 0.301 e. The monoisotopic (exact) mass is 360 g/mol. The summed E-state index contributed by atoms with van der Waals surface area (Å²) in [6.45, 7) is 2.22. The summed E-state index contributed by atoms with van der Waals surface area (Å²) in [6, 6.07) is 3.65. The maximum absolute atomic E-state index is 13.7. The van der Waals surface area contributed by atoms with Crippen LogP contribution >= 0.6 is 23.1 Å². The van der Waals surface area contributed by atoms with Crippen LogP contribution in [0.2, 0.25) is 0 Å². The first kappa shape index (κ1) is 15.9. The van der Waals surface area contributed by atoms with E-state index < -0.39 is 28.4 Å². The van der Waals surface area contributed by atoms with E-state index in [0.29, 0.717) is 24.1 Å². The molecule has 0 atom stereocenters. The Labute approximate surface area is 136 Å². The molecule has 23 heavy (non-hydrogen) atoms. The summed E-state index contributed by atoms with van der Waals surface area (Å²) < 4.78 is 55.4. The Hall–Kier alpha value is -1.94. The van der Waals surface area contributed by atoms with Gasteiger partial charge in [0.15, 0.2) is 22.6 Å². The third-order valence-electron chi connectivity index (χ3n) is 2.93. The van der Waals surface area contributed by atoms with Gasteiger partial charge in [-0.05, 0) is 30.1 Å². The van der Waals surface area contributed by atoms with Crippen molar-refractivity contribution in [1.29, 1.82) is 0 Å². The van der Waals surface area contributed by atoms with Crippen molar-refractivity contribution in [2.75, 3.05) is 0 Å². The number of halogens is 4.